The summed E-state index contributed by atoms with van der Waals surface area (Å²) in [6, 6.07) is 16.9. The first-order valence-electron chi connectivity index (χ1n) is 8.18. The summed E-state index contributed by atoms with van der Waals surface area (Å²) in [5.41, 5.74) is 1.83. The molecule has 1 fully saturated rings. The zero-order chi connectivity index (χ0) is 17.6. The minimum Gasteiger partial charge on any atom is -0.497 e. The van der Waals surface area contributed by atoms with Gasteiger partial charge < -0.3 is 15.0 Å². The molecular formula is C19H21N3O3. The van der Waals surface area contributed by atoms with Gasteiger partial charge in [-0.25, -0.2) is 4.79 Å². The van der Waals surface area contributed by atoms with E-state index in [1.165, 1.54) is 0 Å². The van der Waals surface area contributed by atoms with Crippen LogP contribution in [0.15, 0.2) is 54.6 Å². The summed E-state index contributed by atoms with van der Waals surface area (Å²) in [6.07, 6.45) is 0. The molecule has 2 aromatic carbocycles. The highest BCUT2D eigenvalue weighted by Gasteiger charge is 2.30. The van der Waals surface area contributed by atoms with Gasteiger partial charge in [0.25, 0.3) is 0 Å². The van der Waals surface area contributed by atoms with Crippen LogP contribution in [0.4, 0.5) is 10.5 Å². The molecule has 0 atom stereocenters. The van der Waals surface area contributed by atoms with E-state index in [4.69, 9.17) is 4.74 Å². The van der Waals surface area contributed by atoms with Crippen LogP contribution in [0, 0.1) is 0 Å². The van der Waals surface area contributed by atoms with Crippen molar-refractivity contribution in [3.8, 4) is 5.75 Å². The average Bonchev–Trinajstić information content (AvgIpc) is 3.01. The summed E-state index contributed by atoms with van der Waals surface area (Å²) in [5.74, 6) is 0.585. The third-order valence-corrected chi connectivity index (χ3v) is 4.15. The number of amides is 3. The maximum absolute atomic E-state index is 12.5. The molecule has 6 heteroatoms. The number of hydrogen-bond donors (Lipinski definition) is 1. The zero-order valence-electron chi connectivity index (χ0n) is 14.1. The molecule has 3 amide bonds. The Morgan fingerprint density at radius 3 is 2.48 bits per heavy atom. The van der Waals surface area contributed by atoms with Crippen LogP contribution in [-0.4, -0.2) is 43.6 Å². The largest absolute Gasteiger partial charge is 0.497 e. The van der Waals surface area contributed by atoms with Crippen LogP contribution in [0.2, 0.25) is 0 Å². The average molecular weight is 339 g/mol. The highest BCUT2D eigenvalue weighted by Crippen LogP contribution is 2.23. The van der Waals surface area contributed by atoms with E-state index in [9.17, 15) is 9.59 Å². The second-order valence-corrected chi connectivity index (χ2v) is 5.82. The lowest BCUT2D eigenvalue weighted by atomic mass is 10.2. The van der Waals surface area contributed by atoms with Gasteiger partial charge in [0.2, 0.25) is 5.91 Å². The van der Waals surface area contributed by atoms with Crippen molar-refractivity contribution in [2.75, 3.05) is 31.6 Å². The molecule has 1 aliphatic rings. The number of methoxy groups -OCH3 is 1. The third-order valence-electron chi connectivity index (χ3n) is 4.15. The van der Waals surface area contributed by atoms with Gasteiger partial charge in [0.15, 0.2) is 0 Å². The first-order chi connectivity index (χ1) is 12.2. The zero-order valence-corrected chi connectivity index (χ0v) is 14.1. The number of anilines is 1. The van der Waals surface area contributed by atoms with Crippen molar-refractivity contribution in [1.29, 1.82) is 0 Å². The Balaban J connectivity index is 1.53. The SMILES string of the molecule is COc1ccc(N2CCN(CC(=O)NCc3ccccc3)C2=O)cc1. The van der Waals surface area contributed by atoms with Gasteiger partial charge in [0, 0.05) is 25.3 Å². The van der Waals surface area contributed by atoms with Gasteiger partial charge in [-0.05, 0) is 29.8 Å². The normalized spacial score (nSPS) is 13.9. The van der Waals surface area contributed by atoms with Gasteiger partial charge in [-0.1, -0.05) is 30.3 Å². The fourth-order valence-electron chi connectivity index (χ4n) is 2.76. The topological polar surface area (TPSA) is 61.9 Å². The Morgan fingerprint density at radius 1 is 1.08 bits per heavy atom. The van der Waals surface area contributed by atoms with Crippen LogP contribution >= 0.6 is 0 Å². The Hall–Kier alpha value is -3.02. The molecule has 2 aromatic rings. The summed E-state index contributed by atoms with van der Waals surface area (Å²) in [4.78, 5) is 27.8. The van der Waals surface area contributed by atoms with Crippen molar-refractivity contribution < 1.29 is 14.3 Å². The molecule has 1 saturated heterocycles. The number of hydrogen-bond acceptors (Lipinski definition) is 3. The molecule has 25 heavy (non-hydrogen) atoms. The molecule has 0 unspecified atom stereocenters. The molecule has 0 saturated carbocycles. The minimum absolute atomic E-state index is 0.0678. The molecule has 1 N–H and O–H groups in total. The Morgan fingerprint density at radius 2 is 1.80 bits per heavy atom. The Kier molecular flexibility index (Phi) is 5.18. The lowest BCUT2D eigenvalue weighted by molar-refractivity contribution is -0.121. The van der Waals surface area contributed by atoms with E-state index >= 15 is 0 Å². The highest BCUT2D eigenvalue weighted by atomic mass is 16.5. The maximum atomic E-state index is 12.5. The van der Waals surface area contributed by atoms with Crippen molar-refractivity contribution in [3.63, 3.8) is 0 Å². The monoisotopic (exact) mass is 339 g/mol. The van der Waals surface area contributed by atoms with Crippen LogP contribution in [0.5, 0.6) is 5.75 Å². The summed E-state index contributed by atoms with van der Waals surface area (Å²) in [6.45, 7) is 1.63. The number of urea groups is 1. The van der Waals surface area contributed by atoms with Crippen LogP contribution in [0.3, 0.4) is 0 Å². The van der Waals surface area contributed by atoms with E-state index in [0.29, 0.717) is 19.6 Å². The van der Waals surface area contributed by atoms with E-state index in [1.54, 1.807) is 16.9 Å². The van der Waals surface area contributed by atoms with Crippen molar-refractivity contribution in [1.82, 2.24) is 10.2 Å². The van der Waals surface area contributed by atoms with Gasteiger partial charge >= 0.3 is 6.03 Å². The molecule has 1 aliphatic heterocycles. The number of rotatable bonds is 6. The predicted molar refractivity (Wildman–Crippen MR) is 95.6 cm³/mol. The molecule has 6 nitrogen and oxygen atoms in total. The van der Waals surface area contributed by atoms with E-state index in [0.717, 1.165) is 17.0 Å². The van der Waals surface area contributed by atoms with Crippen molar-refractivity contribution in [3.05, 3.63) is 60.2 Å². The lowest BCUT2D eigenvalue weighted by Crippen LogP contribution is -2.39. The molecule has 0 aromatic heterocycles. The van der Waals surface area contributed by atoms with Gasteiger partial charge in [0.1, 0.15) is 12.3 Å². The maximum Gasteiger partial charge on any atom is 0.325 e. The number of ether oxygens (including phenoxy) is 1. The van der Waals surface area contributed by atoms with Crippen LogP contribution in [0.1, 0.15) is 5.56 Å². The second-order valence-electron chi connectivity index (χ2n) is 5.82. The van der Waals surface area contributed by atoms with Gasteiger partial charge in [-0.15, -0.1) is 0 Å². The fraction of sp³-hybridized carbons (Fsp3) is 0.263. The Labute approximate surface area is 147 Å². The van der Waals surface area contributed by atoms with E-state index in [1.807, 2.05) is 54.6 Å². The number of nitrogens with one attached hydrogen (secondary N) is 1. The minimum atomic E-state index is -0.159. The van der Waals surface area contributed by atoms with E-state index < -0.39 is 0 Å². The highest BCUT2D eigenvalue weighted by molar-refractivity contribution is 5.96. The molecule has 3 rings (SSSR count). The second kappa shape index (κ2) is 7.70. The van der Waals surface area contributed by atoms with Crippen molar-refractivity contribution in [2.24, 2.45) is 0 Å². The number of carbonyl (C=O) groups is 2. The standard InChI is InChI=1S/C19H21N3O3/c1-25-17-9-7-16(8-10-17)22-12-11-21(19(22)24)14-18(23)20-13-15-5-3-2-4-6-15/h2-10H,11-14H2,1H3,(H,20,23). The Bertz CT molecular complexity index is 731. The lowest BCUT2D eigenvalue weighted by Gasteiger charge is -2.18. The van der Waals surface area contributed by atoms with Crippen LogP contribution in [0.25, 0.3) is 0 Å². The number of benzene rings is 2. The number of carbonyl (C=O) groups excluding carboxylic acids is 2. The van der Waals surface area contributed by atoms with Gasteiger partial charge in [0.05, 0.1) is 7.11 Å². The first-order valence-corrected chi connectivity index (χ1v) is 8.18. The molecular weight excluding hydrogens is 318 g/mol. The first kappa shape index (κ1) is 16.8. The summed E-state index contributed by atoms with van der Waals surface area (Å²) in [7, 11) is 1.60. The molecule has 0 radical (unpaired) electrons. The van der Waals surface area contributed by atoms with E-state index in [2.05, 4.69) is 5.32 Å². The molecule has 0 aliphatic carbocycles. The quantitative estimate of drug-likeness (QED) is 0.878. The van der Waals surface area contributed by atoms with Crippen molar-refractivity contribution >= 4 is 17.6 Å². The molecule has 0 bridgehead atoms. The smallest absolute Gasteiger partial charge is 0.325 e. The van der Waals surface area contributed by atoms with Crippen LogP contribution < -0.4 is 15.0 Å². The summed E-state index contributed by atoms with van der Waals surface area (Å²) >= 11 is 0. The van der Waals surface area contributed by atoms with Gasteiger partial charge in [-0.3, -0.25) is 9.69 Å². The van der Waals surface area contributed by atoms with Gasteiger partial charge in [-0.2, -0.15) is 0 Å². The van der Waals surface area contributed by atoms with Crippen molar-refractivity contribution in [2.45, 2.75) is 6.54 Å². The third kappa shape index (κ3) is 4.09. The fourth-order valence-corrected chi connectivity index (χ4v) is 2.76. The van der Waals surface area contributed by atoms with Crippen LogP contribution in [-0.2, 0) is 11.3 Å². The summed E-state index contributed by atoms with van der Waals surface area (Å²) < 4.78 is 5.13. The van der Waals surface area contributed by atoms with E-state index in [-0.39, 0.29) is 18.5 Å². The molecule has 0 spiro atoms. The summed E-state index contributed by atoms with van der Waals surface area (Å²) in [5, 5.41) is 2.85. The predicted octanol–water partition coefficient (Wildman–Crippen LogP) is 2.25. The molecule has 130 valence electrons. The number of nitrogens with zero attached hydrogens (tertiary/aromatic N) is 2. The molecule has 1 heterocycles.